The van der Waals surface area contributed by atoms with Gasteiger partial charge in [0.05, 0.1) is 12.1 Å². The number of carbonyl (C=O) groups is 1. The maximum absolute atomic E-state index is 12.6. The summed E-state index contributed by atoms with van der Waals surface area (Å²) in [6.07, 6.45) is 2.17. The molecule has 1 aliphatic rings. The molecule has 1 aliphatic heterocycles. The van der Waals surface area contributed by atoms with Crippen LogP contribution in [0.4, 0.5) is 0 Å². The highest BCUT2D eigenvalue weighted by Gasteiger charge is 2.37. The minimum Gasteiger partial charge on any atom is -0.380 e. The van der Waals surface area contributed by atoms with Gasteiger partial charge < -0.3 is 10.1 Å². The van der Waals surface area contributed by atoms with Crippen molar-refractivity contribution >= 4 is 5.91 Å². The topological polar surface area (TPSA) is 41.6 Å². The highest BCUT2D eigenvalue weighted by Crippen LogP contribution is 2.33. The normalized spacial score (nSPS) is 17.0. The van der Waals surface area contributed by atoms with Crippen LogP contribution >= 0.6 is 0 Å². The molecule has 1 amide bonds. The molecule has 140 valence electrons. The number of nitrogens with zero attached hydrogens (tertiary/aromatic N) is 1. The van der Waals surface area contributed by atoms with Crippen LogP contribution in [-0.2, 0) is 16.1 Å². The van der Waals surface area contributed by atoms with E-state index in [0.29, 0.717) is 18.4 Å². The predicted octanol–water partition coefficient (Wildman–Crippen LogP) is 3.56. The highest BCUT2D eigenvalue weighted by molar-refractivity contribution is 5.85. The first-order valence-electron chi connectivity index (χ1n) is 9.46. The molecule has 1 fully saturated rings. The van der Waals surface area contributed by atoms with Gasteiger partial charge in [0.25, 0.3) is 0 Å². The number of benzene rings is 1. The van der Waals surface area contributed by atoms with Crippen LogP contribution in [0.5, 0.6) is 0 Å². The average Bonchev–Trinajstić information content (AvgIpc) is 2.60. The Morgan fingerprint density at radius 3 is 2.52 bits per heavy atom. The van der Waals surface area contributed by atoms with Crippen molar-refractivity contribution in [2.75, 3.05) is 26.7 Å². The van der Waals surface area contributed by atoms with Gasteiger partial charge in [-0.25, -0.2) is 0 Å². The van der Waals surface area contributed by atoms with Crippen molar-refractivity contribution in [3.63, 3.8) is 0 Å². The monoisotopic (exact) mass is 346 g/mol. The van der Waals surface area contributed by atoms with Crippen LogP contribution in [0.3, 0.4) is 0 Å². The summed E-state index contributed by atoms with van der Waals surface area (Å²) in [5, 5.41) is 3.09. The summed E-state index contributed by atoms with van der Waals surface area (Å²) in [4.78, 5) is 14.9. The third kappa shape index (κ3) is 5.05. The molecule has 0 spiro atoms. The summed E-state index contributed by atoms with van der Waals surface area (Å²) in [6, 6.07) is 8.59. The van der Waals surface area contributed by atoms with Crippen LogP contribution in [0, 0.1) is 5.92 Å². The Bertz CT molecular complexity index is 561. The number of piperidine rings is 1. The van der Waals surface area contributed by atoms with Crippen LogP contribution in [0.25, 0.3) is 0 Å². The number of rotatable bonds is 7. The molecule has 0 saturated carbocycles. The van der Waals surface area contributed by atoms with Crippen LogP contribution in [0.1, 0.15) is 57.6 Å². The van der Waals surface area contributed by atoms with Crippen LogP contribution in [-0.4, -0.2) is 43.1 Å². The molecule has 0 radical (unpaired) electrons. The van der Waals surface area contributed by atoms with Gasteiger partial charge in [-0.3, -0.25) is 9.69 Å². The van der Waals surface area contributed by atoms with Gasteiger partial charge in [-0.1, -0.05) is 38.1 Å². The second-order valence-electron chi connectivity index (χ2n) is 8.06. The molecule has 1 aromatic rings. The first-order valence-corrected chi connectivity index (χ1v) is 9.46. The summed E-state index contributed by atoms with van der Waals surface area (Å²) >= 11 is 0. The quantitative estimate of drug-likeness (QED) is 0.821. The number of ether oxygens (including phenoxy) is 1. The first kappa shape index (κ1) is 19.9. The fraction of sp³-hybridized carbons (Fsp3) is 0.667. The summed E-state index contributed by atoms with van der Waals surface area (Å²) in [5.74, 6) is 1.17. The highest BCUT2D eigenvalue weighted by atomic mass is 16.5. The lowest BCUT2D eigenvalue weighted by Crippen LogP contribution is -2.57. The molecule has 0 bridgehead atoms. The van der Waals surface area contributed by atoms with E-state index in [1.54, 1.807) is 7.11 Å². The summed E-state index contributed by atoms with van der Waals surface area (Å²) in [6.45, 7) is 11.6. The lowest BCUT2D eigenvalue weighted by molar-refractivity contribution is -0.132. The molecule has 1 heterocycles. The van der Waals surface area contributed by atoms with E-state index in [1.165, 1.54) is 11.1 Å². The van der Waals surface area contributed by atoms with E-state index >= 15 is 0 Å². The number of hydrogen-bond donors (Lipinski definition) is 1. The van der Waals surface area contributed by atoms with Crippen molar-refractivity contribution in [2.45, 2.75) is 58.6 Å². The Labute approximate surface area is 152 Å². The molecular weight excluding hydrogens is 312 g/mol. The van der Waals surface area contributed by atoms with E-state index < -0.39 is 5.54 Å². The average molecular weight is 347 g/mol. The van der Waals surface area contributed by atoms with Crippen molar-refractivity contribution in [2.24, 2.45) is 5.92 Å². The Kier molecular flexibility index (Phi) is 7.03. The van der Waals surface area contributed by atoms with Gasteiger partial charge >= 0.3 is 0 Å². The smallest absolute Gasteiger partial charge is 0.239 e. The van der Waals surface area contributed by atoms with Crippen molar-refractivity contribution in [3.8, 4) is 0 Å². The minimum atomic E-state index is -0.452. The van der Waals surface area contributed by atoms with Crippen molar-refractivity contribution in [1.29, 1.82) is 0 Å². The van der Waals surface area contributed by atoms with E-state index in [-0.39, 0.29) is 5.91 Å². The van der Waals surface area contributed by atoms with E-state index in [2.05, 4.69) is 48.3 Å². The fourth-order valence-corrected chi connectivity index (χ4v) is 3.63. The molecule has 2 rings (SSSR count). The Hall–Kier alpha value is -1.39. The van der Waals surface area contributed by atoms with Crippen molar-refractivity contribution in [3.05, 3.63) is 35.4 Å². The van der Waals surface area contributed by atoms with Gasteiger partial charge in [0, 0.05) is 13.7 Å². The Balaban J connectivity index is 1.98. The van der Waals surface area contributed by atoms with E-state index in [1.807, 2.05) is 13.8 Å². The van der Waals surface area contributed by atoms with Crippen molar-refractivity contribution in [1.82, 2.24) is 10.2 Å². The van der Waals surface area contributed by atoms with Gasteiger partial charge in [-0.15, -0.1) is 0 Å². The van der Waals surface area contributed by atoms with E-state index in [9.17, 15) is 4.79 Å². The maximum atomic E-state index is 12.6. The fourth-order valence-electron chi connectivity index (χ4n) is 3.63. The van der Waals surface area contributed by atoms with E-state index in [0.717, 1.165) is 32.5 Å². The third-order valence-electron chi connectivity index (χ3n) is 5.31. The number of likely N-dealkylation sites (tertiary alicyclic amines) is 1. The van der Waals surface area contributed by atoms with Gasteiger partial charge in [-0.05, 0) is 62.7 Å². The molecule has 0 aromatic heterocycles. The zero-order valence-corrected chi connectivity index (χ0v) is 16.5. The molecule has 4 heteroatoms. The number of hydrogen-bond acceptors (Lipinski definition) is 3. The zero-order chi connectivity index (χ0) is 18.4. The molecule has 1 aromatic carbocycles. The van der Waals surface area contributed by atoms with Crippen LogP contribution in [0.2, 0.25) is 0 Å². The van der Waals surface area contributed by atoms with Gasteiger partial charge in [0.15, 0.2) is 0 Å². The molecule has 1 saturated heterocycles. The standard InChI is InChI=1S/C21H34N2O2/c1-16(2)14-22-20(24)21(3,4)23-12-10-17(11-13-23)19-9-7-6-8-18(19)15-25-5/h6-9,16-17H,10-15H2,1-5H3,(H,22,24). The SMILES string of the molecule is COCc1ccccc1C1CCN(C(C)(C)C(=O)NCC(C)C)CC1. The number of methoxy groups -OCH3 is 1. The number of carbonyl (C=O) groups excluding carboxylic acids is 1. The lowest BCUT2D eigenvalue weighted by atomic mass is 9.85. The second kappa shape index (κ2) is 8.81. The molecule has 0 unspecified atom stereocenters. The first-order chi connectivity index (χ1) is 11.9. The number of nitrogens with one attached hydrogen (secondary N) is 1. The largest absolute Gasteiger partial charge is 0.380 e. The lowest BCUT2D eigenvalue weighted by Gasteiger charge is -2.42. The molecule has 1 N–H and O–H groups in total. The minimum absolute atomic E-state index is 0.138. The Morgan fingerprint density at radius 2 is 1.92 bits per heavy atom. The van der Waals surface area contributed by atoms with Gasteiger partial charge in [0.1, 0.15) is 0 Å². The number of amides is 1. The second-order valence-corrected chi connectivity index (χ2v) is 8.06. The zero-order valence-electron chi connectivity index (χ0n) is 16.5. The predicted molar refractivity (Wildman–Crippen MR) is 103 cm³/mol. The van der Waals surface area contributed by atoms with Crippen LogP contribution in [0.15, 0.2) is 24.3 Å². The summed E-state index contributed by atoms with van der Waals surface area (Å²) in [5.41, 5.74) is 2.25. The molecular formula is C21H34N2O2. The van der Waals surface area contributed by atoms with Gasteiger partial charge in [-0.2, -0.15) is 0 Å². The molecule has 4 nitrogen and oxygen atoms in total. The summed E-state index contributed by atoms with van der Waals surface area (Å²) in [7, 11) is 1.75. The Morgan fingerprint density at radius 1 is 1.28 bits per heavy atom. The van der Waals surface area contributed by atoms with E-state index in [4.69, 9.17) is 4.74 Å². The maximum Gasteiger partial charge on any atom is 0.239 e. The molecule has 0 aliphatic carbocycles. The summed E-state index contributed by atoms with van der Waals surface area (Å²) < 4.78 is 5.35. The van der Waals surface area contributed by atoms with Crippen molar-refractivity contribution < 1.29 is 9.53 Å². The van der Waals surface area contributed by atoms with Crippen LogP contribution < -0.4 is 5.32 Å². The van der Waals surface area contributed by atoms with Gasteiger partial charge in [0.2, 0.25) is 5.91 Å². The third-order valence-corrected chi connectivity index (χ3v) is 5.31. The molecule has 25 heavy (non-hydrogen) atoms. The molecule has 0 atom stereocenters.